The van der Waals surface area contributed by atoms with Gasteiger partial charge in [0.25, 0.3) is 0 Å². The number of hydrogen-bond acceptors (Lipinski definition) is 0. The molecule has 0 saturated carbocycles. The molecule has 0 nitrogen and oxygen atoms in total. The lowest BCUT2D eigenvalue weighted by Gasteiger charge is -2.28. The maximum atomic E-state index is 2.41. The van der Waals surface area contributed by atoms with E-state index in [2.05, 4.69) is 55.4 Å². The zero-order valence-electron chi connectivity index (χ0n) is 12.3. The highest BCUT2D eigenvalue weighted by molar-refractivity contribution is 4.71. The van der Waals surface area contributed by atoms with E-state index in [1.165, 1.54) is 19.3 Å². The topological polar surface area (TPSA) is 0 Å². The molecule has 2 atom stereocenters. The van der Waals surface area contributed by atoms with Crippen LogP contribution in [0.2, 0.25) is 0 Å². The Hall–Kier alpha value is 0. The van der Waals surface area contributed by atoms with E-state index in [9.17, 15) is 0 Å². The minimum Gasteiger partial charge on any atom is -0.0625 e. The molecule has 0 aromatic carbocycles. The van der Waals surface area contributed by atoms with Crippen molar-refractivity contribution in [3.8, 4) is 0 Å². The molecule has 0 aromatic heterocycles. The molecule has 0 spiro atoms. The third-order valence-electron chi connectivity index (χ3n) is 2.73. The number of hydrogen-bond donors (Lipinski definition) is 0. The molecule has 92 valence electrons. The van der Waals surface area contributed by atoms with Crippen molar-refractivity contribution in [1.82, 2.24) is 0 Å². The Balaban J connectivity index is 3.92. The van der Waals surface area contributed by atoms with E-state index in [4.69, 9.17) is 0 Å². The Labute approximate surface area is 97.8 Å². The van der Waals surface area contributed by atoms with Crippen molar-refractivity contribution in [3.05, 3.63) is 0 Å². The van der Waals surface area contributed by atoms with Gasteiger partial charge in [0.05, 0.1) is 0 Å². The van der Waals surface area contributed by atoms with Crippen LogP contribution in [0.5, 0.6) is 0 Å². The lowest BCUT2D eigenvalue weighted by atomic mass is 9.78. The molecule has 15 heavy (non-hydrogen) atoms. The molecule has 0 aliphatic heterocycles. The molecule has 0 rings (SSSR count). The fourth-order valence-corrected chi connectivity index (χ4v) is 2.94. The summed E-state index contributed by atoms with van der Waals surface area (Å²) >= 11 is 0. The second kappa shape index (κ2) is 5.37. The summed E-state index contributed by atoms with van der Waals surface area (Å²) in [7, 11) is 0. The third kappa shape index (κ3) is 10.3. The molecular weight excluding hydrogens is 180 g/mol. The second-order valence-electron chi connectivity index (χ2n) is 7.98. The van der Waals surface area contributed by atoms with Gasteiger partial charge in [0.15, 0.2) is 0 Å². The van der Waals surface area contributed by atoms with Gasteiger partial charge in [-0.3, -0.25) is 0 Å². The largest absolute Gasteiger partial charge is 0.0625 e. The molecule has 0 aliphatic rings. The summed E-state index contributed by atoms with van der Waals surface area (Å²) in [5, 5.41) is 0. The molecular formula is C15H32. The molecule has 0 aromatic rings. The van der Waals surface area contributed by atoms with Crippen molar-refractivity contribution in [1.29, 1.82) is 0 Å². The zero-order valence-corrected chi connectivity index (χ0v) is 12.3. The summed E-state index contributed by atoms with van der Waals surface area (Å²) in [4.78, 5) is 0. The highest BCUT2D eigenvalue weighted by atomic mass is 14.3. The van der Waals surface area contributed by atoms with Crippen LogP contribution in [0, 0.1) is 22.7 Å². The van der Waals surface area contributed by atoms with Gasteiger partial charge < -0.3 is 0 Å². The smallest absolute Gasteiger partial charge is 0.0380 e. The molecule has 0 heterocycles. The van der Waals surface area contributed by atoms with Crippen molar-refractivity contribution in [3.63, 3.8) is 0 Å². The summed E-state index contributed by atoms with van der Waals surface area (Å²) in [5.41, 5.74) is 0.974. The van der Waals surface area contributed by atoms with Crippen LogP contribution in [0.4, 0.5) is 0 Å². The molecule has 0 bridgehead atoms. The van der Waals surface area contributed by atoms with Gasteiger partial charge in [-0.1, -0.05) is 55.4 Å². The Bertz CT molecular complexity index is 145. The molecule has 2 unspecified atom stereocenters. The molecule has 0 radical (unpaired) electrons. The van der Waals surface area contributed by atoms with Crippen LogP contribution < -0.4 is 0 Å². The van der Waals surface area contributed by atoms with Crippen molar-refractivity contribution in [2.24, 2.45) is 22.7 Å². The SMILES string of the molecule is CC(CC(C)CC(C)(C)C)CC(C)(C)C. The molecule has 0 N–H and O–H groups in total. The molecule has 0 amide bonds. The Morgan fingerprint density at radius 2 is 0.933 bits per heavy atom. The summed E-state index contributed by atoms with van der Waals surface area (Å²) in [6.45, 7) is 18.9. The second-order valence-corrected chi connectivity index (χ2v) is 7.98. The van der Waals surface area contributed by atoms with E-state index in [1.54, 1.807) is 0 Å². The van der Waals surface area contributed by atoms with E-state index < -0.39 is 0 Å². The van der Waals surface area contributed by atoms with Crippen molar-refractivity contribution in [2.45, 2.75) is 74.7 Å². The van der Waals surface area contributed by atoms with Crippen LogP contribution in [0.3, 0.4) is 0 Å². The third-order valence-corrected chi connectivity index (χ3v) is 2.73. The van der Waals surface area contributed by atoms with Crippen LogP contribution >= 0.6 is 0 Å². The first-order chi connectivity index (χ1) is 6.49. The van der Waals surface area contributed by atoms with Crippen LogP contribution in [-0.2, 0) is 0 Å². The number of rotatable bonds is 4. The predicted octanol–water partition coefficient (Wildman–Crippen LogP) is 5.52. The summed E-state index contributed by atoms with van der Waals surface area (Å²) in [6.07, 6.45) is 4.08. The summed E-state index contributed by atoms with van der Waals surface area (Å²) in [6, 6.07) is 0. The Morgan fingerprint density at radius 1 is 0.667 bits per heavy atom. The molecule has 0 saturated heterocycles. The molecule has 0 aliphatic carbocycles. The van der Waals surface area contributed by atoms with Crippen molar-refractivity contribution < 1.29 is 0 Å². The average Bonchev–Trinajstić information content (AvgIpc) is 1.73. The van der Waals surface area contributed by atoms with E-state index >= 15 is 0 Å². The lowest BCUT2D eigenvalue weighted by molar-refractivity contribution is 0.233. The van der Waals surface area contributed by atoms with E-state index in [1.807, 2.05) is 0 Å². The van der Waals surface area contributed by atoms with Crippen LogP contribution in [-0.4, -0.2) is 0 Å². The monoisotopic (exact) mass is 212 g/mol. The van der Waals surface area contributed by atoms with E-state index in [-0.39, 0.29) is 0 Å². The fraction of sp³-hybridized carbons (Fsp3) is 1.00. The summed E-state index contributed by atoms with van der Waals surface area (Å²) in [5.74, 6) is 1.73. The standard InChI is InChI=1S/C15H32/c1-12(10-14(3,4)5)9-13(2)11-15(6,7)8/h12-13H,9-11H2,1-8H3. The highest BCUT2D eigenvalue weighted by Crippen LogP contribution is 2.32. The minimum absolute atomic E-state index is 0.487. The first-order valence-corrected chi connectivity index (χ1v) is 6.49. The average molecular weight is 212 g/mol. The van der Waals surface area contributed by atoms with E-state index in [0.717, 1.165) is 11.8 Å². The highest BCUT2D eigenvalue weighted by Gasteiger charge is 2.20. The lowest BCUT2D eigenvalue weighted by Crippen LogP contribution is -2.16. The van der Waals surface area contributed by atoms with Crippen molar-refractivity contribution >= 4 is 0 Å². The van der Waals surface area contributed by atoms with Gasteiger partial charge in [0.2, 0.25) is 0 Å². The molecule has 0 heteroatoms. The first-order valence-electron chi connectivity index (χ1n) is 6.49. The fourth-order valence-electron chi connectivity index (χ4n) is 2.94. The Kier molecular flexibility index (Phi) is 5.37. The Morgan fingerprint density at radius 3 is 1.13 bits per heavy atom. The van der Waals surface area contributed by atoms with Crippen LogP contribution in [0.15, 0.2) is 0 Å². The van der Waals surface area contributed by atoms with Crippen LogP contribution in [0.1, 0.15) is 74.7 Å². The van der Waals surface area contributed by atoms with Crippen molar-refractivity contribution in [2.75, 3.05) is 0 Å². The van der Waals surface area contributed by atoms with Gasteiger partial charge in [-0.15, -0.1) is 0 Å². The normalized spacial score (nSPS) is 17.6. The first kappa shape index (κ1) is 15.0. The quantitative estimate of drug-likeness (QED) is 0.575. The van der Waals surface area contributed by atoms with Crippen LogP contribution in [0.25, 0.3) is 0 Å². The van der Waals surface area contributed by atoms with Gasteiger partial charge in [-0.05, 0) is 41.9 Å². The van der Waals surface area contributed by atoms with Gasteiger partial charge in [-0.25, -0.2) is 0 Å². The van der Waals surface area contributed by atoms with Gasteiger partial charge in [0, 0.05) is 0 Å². The predicted molar refractivity (Wildman–Crippen MR) is 71.1 cm³/mol. The molecule has 0 fully saturated rings. The zero-order chi connectivity index (χ0) is 12.3. The van der Waals surface area contributed by atoms with Gasteiger partial charge in [-0.2, -0.15) is 0 Å². The maximum absolute atomic E-state index is 2.41. The minimum atomic E-state index is 0.487. The van der Waals surface area contributed by atoms with E-state index in [0.29, 0.717) is 10.8 Å². The van der Waals surface area contributed by atoms with Gasteiger partial charge in [0.1, 0.15) is 0 Å². The maximum Gasteiger partial charge on any atom is -0.0380 e. The van der Waals surface area contributed by atoms with Gasteiger partial charge >= 0.3 is 0 Å². The summed E-state index contributed by atoms with van der Waals surface area (Å²) < 4.78 is 0.